The van der Waals surface area contributed by atoms with Crippen molar-refractivity contribution in [1.82, 2.24) is 14.3 Å². The Hall–Kier alpha value is -2.38. The number of amides is 1. The van der Waals surface area contributed by atoms with Crippen molar-refractivity contribution in [2.45, 2.75) is 19.4 Å². The second-order valence-corrected chi connectivity index (χ2v) is 7.68. The van der Waals surface area contributed by atoms with Gasteiger partial charge in [-0.3, -0.25) is 9.20 Å². The van der Waals surface area contributed by atoms with E-state index in [0.717, 1.165) is 40.6 Å². The molecule has 1 aliphatic heterocycles. The summed E-state index contributed by atoms with van der Waals surface area (Å²) in [5.74, 6) is 0.769. The Morgan fingerprint density at radius 3 is 2.96 bits per heavy atom. The molecule has 136 valence electrons. The summed E-state index contributed by atoms with van der Waals surface area (Å²) in [6, 6.07) is 5.97. The van der Waals surface area contributed by atoms with E-state index in [1.54, 1.807) is 11.3 Å². The quantitative estimate of drug-likeness (QED) is 0.692. The normalized spacial score (nSPS) is 17.0. The summed E-state index contributed by atoms with van der Waals surface area (Å²) in [7, 11) is 4.08. The molecule has 1 atom stereocenters. The molecular formula is C19H22N4O2S. The summed E-state index contributed by atoms with van der Waals surface area (Å²) >= 11 is 1.60. The van der Waals surface area contributed by atoms with Gasteiger partial charge in [0.25, 0.3) is 5.91 Å². The number of anilines is 1. The van der Waals surface area contributed by atoms with Gasteiger partial charge in [0, 0.05) is 29.9 Å². The lowest BCUT2D eigenvalue weighted by Gasteiger charge is -2.33. The number of carbonyl (C=O) groups excluding carboxylic acids is 1. The Balaban J connectivity index is 1.68. The Morgan fingerprint density at radius 1 is 1.35 bits per heavy atom. The number of imidazole rings is 1. The van der Waals surface area contributed by atoms with E-state index in [-0.39, 0.29) is 5.91 Å². The van der Waals surface area contributed by atoms with Gasteiger partial charge in [-0.15, -0.1) is 11.3 Å². The van der Waals surface area contributed by atoms with Crippen molar-refractivity contribution in [2.75, 3.05) is 32.1 Å². The first-order valence-corrected chi connectivity index (χ1v) is 9.60. The Morgan fingerprint density at radius 2 is 2.19 bits per heavy atom. The molecule has 0 N–H and O–H groups in total. The average Bonchev–Trinajstić information content (AvgIpc) is 3.19. The smallest absolute Gasteiger partial charge is 0.267 e. The van der Waals surface area contributed by atoms with Gasteiger partial charge in [0.1, 0.15) is 5.75 Å². The summed E-state index contributed by atoms with van der Waals surface area (Å²) in [5, 5.41) is 2.01. The fraction of sp³-hybridized carbons (Fsp3) is 0.368. The maximum atomic E-state index is 12.7. The largest absolute Gasteiger partial charge is 0.479 e. The van der Waals surface area contributed by atoms with Crippen molar-refractivity contribution in [3.8, 4) is 17.0 Å². The number of hydrogen-bond acceptors (Lipinski definition) is 5. The minimum Gasteiger partial charge on any atom is -0.479 e. The fourth-order valence-electron chi connectivity index (χ4n) is 3.21. The van der Waals surface area contributed by atoms with Crippen molar-refractivity contribution in [2.24, 2.45) is 0 Å². The highest BCUT2D eigenvalue weighted by atomic mass is 32.1. The number of rotatable bonds is 5. The van der Waals surface area contributed by atoms with Gasteiger partial charge >= 0.3 is 0 Å². The number of nitrogens with zero attached hydrogens (tertiary/aromatic N) is 4. The Labute approximate surface area is 156 Å². The molecule has 4 rings (SSSR count). The number of hydrogen-bond donors (Lipinski definition) is 0. The second-order valence-electron chi connectivity index (χ2n) is 6.81. The van der Waals surface area contributed by atoms with Gasteiger partial charge in [0.2, 0.25) is 0 Å². The lowest BCUT2D eigenvalue weighted by atomic mass is 10.1. The SMILES string of the molecule is CC1Oc2ccc(-c3cn4ccsc4n3)cc2N(CCCN(C)C)C1=O. The van der Waals surface area contributed by atoms with Crippen LogP contribution < -0.4 is 9.64 Å². The summed E-state index contributed by atoms with van der Waals surface area (Å²) in [6.07, 6.45) is 4.47. The molecule has 0 saturated heterocycles. The van der Waals surface area contributed by atoms with Crippen LogP contribution in [0, 0.1) is 0 Å². The molecule has 0 aliphatic carbocycles. The van der Waals surface area contributed by atoms with Crippen LogP contribution in [0.4, 0.5) is 5.69 Å². The number of carbonyl (C=O) groups is 1. The van der Waals surface area contributed by atoms with Gasteiger partial charge in [-0.2, -0.15) is 0 Å². The van der Waals surface area contributed by atoms with E-state index in [2.05, 4.69) is 9.88 Å². The molecule has 7 heteroatoms. The van der Waals surface area contributed by atoms with E-state index in [0.29, 0.717) is 6.54 Å². The average molecular weight is 370 g/mol. The number of ether oxygens (including phenoxy) is 1. The maximum absolute atomic E-state index is 12.7. The molecule has 1 aromatic carbocycles. The van der Waals surface area contributed by atoms with Crippen molar-refractivity contribution >= 4 is 27.9 Å². The molecule has 3 aromatic rings. The van der Waals surface area contributed by atoms with Gasteiger partial charge in [0.05, 0.1) is 11.4 Å². The first kappa shape index (κ1) is 17.1. The van der Waals surface area contributed by atoms with Crippen molar-refractivity contribution < 1.29 is 9.53 Å². The monoisotopic (exact) mass is 370 g/mol. The highest BCUT2D eigenvalue weighted by molar-refractivity contribution is 7.15. The number of benzene rings is 1. The Bertz CT molecular complexity index is 918. The van der Waals surface area contributed by atoms with Gasteiger partial charge in [-0.1, -0.05) is 0 Å². The molecule has 0 bridgehead atoms. The van der Waals surface area contributed by atoms with Crippen LogP contribution >= 0.6 is 11.3 Å². The fourth-order valence-corrected chi connectivity index (χ4v) is 3.91. The van der Waals surface area contributed by atoms with Crippen LogP contribution in [0.5, 0.6) is 5.75 Å². The van der Waals surface area contributed by atoms with Crippen molar-refractivity contribution in [1.29, 1.82) is 0 Å². The summed E-state index contributed by atoms with van der Waals surface area (Å²) in [4.78, 5) is 22.3. The van der Waals surface area contributed by atoms with Crippen LogP contribution in [0.25, 0.3) is 16.2 Å². The zero-order valence-electron chi connectivity index (χ0n) is 15.2. The van der Waals surface area contributed by atoms with Crippen LogP contribution in [0.3, 0.4) is 0 Å². The van der Waals surface area contributed by atoms with Crippen LogP contribution in [-0.2, 0) is 4.79 Å². The van der Waals surface area contributed by atoms with Crippen molar-refractivity contribution in [3.63, 3.8) is 0 Å². The van der Waals surface area contributed by atoms with E-state index < -0.39 is 6.10 Å². The molecule has 2 aromatic heterocycles. The highest BCUT2D eigenvalue weighted by Crippen LogP contribution is 2.37. The first-order valence-electron chi connectivity index (χ1n) is 8.72. The van der Waals surface area contributed by atoms with E-state index >= 15 is 0 Å². The topological polar surface area (TPSA) is 50.1 Å². The molecule has 0 radical (unpaired) electrons. The first-order chi connectivity index (χ1) is 12.5. The zero-order chi connectivity index (χ0) is 18.3. The van der Waals surface area contributed by atoms with E-state index in [1.807, 2.05) is 66.3 Å². The highest BCUT2D eigenvalue weighted by Gasteiger charge is 2.31. The standard InChI is InChI=1S/C19H22N4O2S/c1-13-18(24)23(8-4-7-21(2)3)16-11-14(5-6-17(16)25-13)15-12-22-9-10-26-19(22)20-15/h5-6,9-13H,4,7-8H2,1-3H3. The summed E-state index contributed by atoms with van der Waals surface area (Å²) in [6.45, 7) is 3.42. The number of aromatic nitrogens is 2. The minimum absolute atomic E-state index is 0.0132. The molecule has 1 amide bonds. The van der Waals surface area contributed by atoms with E-state index in [9.17, 15) is 4.79 Å². The second kappa shape index (κ2) is 6.74. The third-order valence-corrected chi connectivity index (χ3v) is 5.31. The third kappa shape index (κ3) is 3.08. The molecule has 26 heavy (non-hydrogen) atoms. The number of thiazole rings is 1. The van der Waals surface area contributed by atoms with Crippen LogP contribution in [0.15, 0.2) is 36.0 Å². The van der Waals surface area contributed by atoms with Crippen molar-refractivity contribution in [3.05, 3.63) is 36.0 Å². The summed E-state index contributed by atoms with van der Waals surface area (Å²) < 4.78 is 7.82. The molecule has 3 heterocycles. The predicted molar refractivity (Wildman–Crippen MR) is 104 cm³/mol. The summed E-state index contributed by atoms with van der Waals surface area (Å²) in [5.41, 5.74) is 2.72. The van der Waals surface area contributed by atoms with Crippen LogP contribution in [0.1, 0.15) is 13.3 Å². The lowest BCUT2D eigenvalue weighted by Crippen LogP contribution is -2.45. The van der Waals surface area contributed by atoms with Crippen LogP contribution in [0.2, 0.25) is 0 Å². The molecule has 0 spiro atoms. The van der Waals surface area contributed by atoms with Crippen LogP contribution in [-0.4, -0.2) is 53.5 Å². The molecule has 0 fully saturated rings. The predicted octanol–water partition coefficient (Wildman–Crippen LogP) is 3.13. The van der Waals surface area contributed by atoms with E-state index in [1.165, 1.54) is 0 Å². The molecule has 1 unspecified atom stereocenters. The molecule has 6 nitrogen and oxygen atoms in total. The van der Waals surface area contributed by atoms with Gasteiger partial charge in [-0.25, -0.2) is 4.98 Å². The third-order valence-electron chi connectivity index (χ3n) is 4.54. The minimum atomic E-state index is -0.453. The van der Waals surface area contributed by atoms with E-state index in [4.69, 9.17) is 4.74 Å². The Kier molecular flexibility index (Phi) is 4.42. The maximum Gasteiger partial charge on any atom is 0.267 e. The number of fused-ring (bicyclic) bond motifs is 2. The lowest BCUT2D eigenvalue weighted by molar-refractivity contribution is -0.125. The van der Waals surface area contributed by atoms with Gasteiger partial charge < -0.3 is 14.5 Å². The van der Waals surface area contributed by atoms with Gasteiger partial charge in [0.15, 0.2) is 11.1 Å². The molecule has 1 aliphatic rings. The molecular weight excluding hydrogens is 348 g/mol. The van der Waals surface area contributed by atoms with Gasteiger partial charge in [-0.05, 0) is 52.2 Å². The zero-order valence-corrected chi connectivity index (χ0v) is 16.0. The molecule has 0 saturated carbocycles.